The lowest BCUT2D eigenvalue weighted by molar-refractivity contribution is 0.728. The molecular weight excluding hydrogens is 122 g/mol. The van der Waals surface area contributed by atoms with Crippen LogP contribution in [0.4, 0.5) is 0 Å². The summed E-state index contributed by atoms with van der Waals surface area (Å²) in [5.41, 5.74) is 0. The second-order valence-electron chi connectivity index (χ2n) is 2.33. The molecule has 0 aliphatic rings. The summed E-state index contributed by atoms with van der Waals surface area (Å²) in [5, 5.41) is 8.17. The van der Waals surface area contributed by atoms with Crippen LogP contribution in [0.1, 0.15) is 39.0 Å². The Bertz CT molecular complexity index is 119. The van der Waals surface area contributed by atoms with Crippen molar-refractivity contribution in [2.75, 3.05) is 0 Å². The van der Waals surface area contributed by atoms with Crippen LogP contribution in [0, 0.1) is 11.3 Å². The van der Waals surface area contributed by atoms with Gasteiger partial charge in [-0.3, -0.25) is 0 Å². The molecule has 0 saturated heterocycles. The fourth-order valence-corrected chi connectivity index (χ4v) is 0.766. The highest BCUT2D eigenvalue weighted by Crippen LogP contribution is 1.99. The molecule has 0 aliphatic heterocycles. The quantitative estimate of drug-likeness (QED) is 0.422. The molecule has 0 fully saturated rings. The Hall–Kier alpha value is -0.770. The number of nitriles is 1. The van der Waals surface area contributed by atoms with Gasteiger partial charge in [-0.25, -0.2) is 0 Å². The minimum atomic E-state index is 0.562. The second kappa shape index (κ2) is 8.23. The molecule has 0 amide bonds. The van der Waals surface area contributed by atoms with E-state index in [-0.39, 0.29) is 0 Å². The molecule has 0 unspecified atom stereocenters. The minimum Gasteiger partial charge on any atom is -0.198 e. The van der Waals surface area contributed by atoms with E-state index in [0.717, 1.165) is 6.42 Å². The first-order chi connectivity index (χ1) is 4.91. The van der Waals surface area contributed by atoms with Gasteiger partial charge in [0.05, 0.1) is 12.5 Å². The summed E-state index contributed by atoms with van der Waals surface area (Å²) >= 11 is 0. The van der Waals surface area contributed by atoms with Gasteiger partial charge in [0.25, 0.3) is 0 Å². The Morgan fingerprint density at radius 2 is 2.10 bits per heavy atom. The maximum absolute atomic E-state index is 8.17. The van der Waals surface area contributed by atoms with Gasteiger partial charge in [0.1, 0.15) is 0 Å². The summed E-state index contributed by atoms with van der Waals surface area (Å²) in [6, 6.07) is 2.07. The van der Waals surface area contributed by atoms with E-state index in [2.05, 4.69) is 19.1 Å². The van der Waals surface area contributed by atoms with Crippen molar-refractivity contribution >= 4 is 0 Å². The predicted octanol–water partition coefficient (Wildman–Crippen LogP) is 3.04. The Morgan fingerprint density at radius 1 is 1.30 bits per heavy atom. The molecule has 0 bridgehead atoms. The minimum absolute atomic E-state index is 0.562. The largest absolute Gasteiger partial charge is 0.198 e. The lowest BCUT2D eigenvalue weighted by Gasteiger charge is -1.89. The fourth-order valence-electron chi connectivity index (χ4n) is 0.766. The van der Waals surface area contributed by atoms with Crippen LogP contribution in [0.5, 0.6) is 0 Å². The van der Waals surface area contributed by atoms with Crippen molar-refractivity contribution in [3.8, 4) is 6.07 Å². The third-order valence-corrected chi connectivity index (χ3v) is 1.35. The average Bonchev–Trinajstić information content (AvgIpc) is 1.97. The summed E-state index contributed by atoms with van der Waals surface area (Å²) in [4.78, 5) is 0. The van der Waals surface area contributed by atoms with Crippen molar-refractivity contribution in [3.05, 3.63) is 12.2 Å². The lowest BCUT2D eigenvalue weighted by Crippen LogP contribution is -1.70. The van der Waals surface area contributed by atoms with Gasteiger partial charge in [-0.1, -0.05) is 31.9 Å². The molecule has 10 heavy (non-hydrogen) atoms. The SMILES string of the molecule is CCCCC/C=C\CC#N. The predicted molar refractivity (Wildman–Crippen MR) is 43.5 cm³/mol. The molecule has 1 heteroatoms. The summed E-state index contributed by atoms with van der Waals surface area (Å²) in [6.45, 7) is 2.19. The van der Waals surface area contributed by atoms with Crippen LogP contribution in [0.2, 0.25) is 0 Å². The van der Waals surface area contributed by atoms with E-state index < -0.39 is 0 Å². The summed E-state index contributed by atoms with van der Waals surface area (Å²) in [7, 11) is 0. The molecule has 0 N–H and O–H groups in total. The smallest absolute Gasteiger partial charge is 0.0663 e. The van der Waals surface area contributed by atoms with Crippen LogP contribution in [0.15, 0.2) is 12.2 Å². The molecule has 0 aliphatic carbocycles. The highest BCUT2D eigenvalue weighted by atomic mass is 14.2. The van der Waals surface area contributed by atoms with E-state index in [4.69, 9.17) is 5.26 Å². The molecule has 0 radical (unpaired) electrons. The molecule has 0 aromatic rings. The van der Waals surface area contributed by atoms with Gasteiger partial charge in [0.2, 0.25) is 0 Å². The number of rotatable bonds is 5. The second-order valence-corrected chi connectivity index (χ2v) is 2.33. The van der Waals surface area contributed by atoms with Crippen molar-refractivity contribution < 1.29 is 0 Å². The highest BCUT2D eigenvalue weighted by Gasteiger charge is 1.80. The third-order valence-electron chi connectivity index (χ3n) is 1.35. The van der Waals surface area contributed by atoms with Crippen LogP contribution >= 0.6 is 0 Å². The number of allylic oxidation sites excluding steroid dienone is 2. The normalized spacial score (nSPS) is 10.0. The van der Waals surface area contributed by atoms with E-state index in [9.17, 15) is 0 Å². The van der Waals surface area contributed by atoms with Gasteiger partial charge in [-0.05, 0) is 12.8 Å². The van der Waals surface area contributed by atoms with E-state index >= 15 is 0 Å². The van der Waals surface area contributed by atoms with Crippen LogP contribution in [0.3, 0.4) is 0 Å². The zero-order valence-electron chi connectivity index (χ0n) is 6.64. The van der Waals surface area contributed by atoms with Crippen molar-refractivity contribution in [1.82, 2.24) is 0 Å². The zero-order chi connectivity index (χ0) is 7.66. The molecule has 1 nitrogen and oxygen atoms in total. The van der Waals surface area contributed by atoms with Crippen LogP contribution in [0.25, 0.3) is 0 Å². The fraction of sp³-hybridized carbons (Fsp3) is 0.667. The topological polar surface area (TPSA) is 23.8 Å². The van der Waals surface area contributed by atoms with E-state index in [1.165, 1.54) is 19.3 Å². The van der Waals surface area contributed by atoms with E-state index in [1.54, 1.807) is 0 Å². The molecule has 0 atom stereocenters. The Balaban J connectivity index is 2.97. The van der Waals surface area contributed by atoms with Gasteiger partial charge >= 0.3 is 0 Å². The zero-order valence-corrected chi connectivity index (χ0v) is 6.64. The maximum atomic E-state index is 8.17. The van der Waals surface area contributed by atoms with Crippen LogP contribution in [-0.2, 0) is 0 Å². The molecule has 0 spiro atoms. The first-order valence-electron chi connectivity index (χ1n) is 3.93. The molecule has 56 valence electrons. The number of unbranched alkanes of at least 4 members (excludes halogenated alkanes) is 3. The number of hydrogen-bond donors (Lipinski definition) is 0. The number of nitrogens with zero attached hydrogens (tertiary/aromatic N) is 1. The van der Waals surface area contributed by atoms with Crippen molar-refractivity contribution in [2.24, 2.45) is 0 Å². The average molecular weight is 137 g/mol. The highest BCUT2D eigenvalue weighted by molar-refractivity contribution is 4.90. The van der Waals surface area contributed by atoms with Gasteiger partial charge in [0.15, 0.2) is 0 Å². The standard InChI is InChI=1S/C9H15N/c1-2-3-4-5-6-7-8-9-10/h6-7H,2-5,8H2,1H3/b7-6-. The Morgan fingerprint density at radius 3 is 2.70 bits per heavy atom. The van der Waals surface area contributed by atoms with Gasteiger partial charge in [-0.15, -0.1) is 0 Å². The van der Waals surface area contributed by atoms with Gasteiger partial charge in [-0.2, -0.15) is 5.26 Å². The molecule has 0 rings (SSSR count). The first kappa shape index (κ1) is 9.23. The number of hydrogen-bond acceptors (Lipinski definition) is 1. The van der Waals surface area contributed by atoms with Crippen molar-refractivity contribution in [2.45, 2.75) is 39.0 Å². The Kier molecular flexibility index (Phi) is 7.60. The molecule has 0 aromatic heterocycles. The molecular formula is C9H15N. The molecule has 0 heterocycles. The summed E-state index contributed by atoms with van der Waals surface area (Å²) in [6.07, 6.45) is 9.57. The summed E-state index contributed by atoms with van der Waals surface area (Å²) < 4.78 is 0. The molecule has 0 aromatic carbocycles. The van der Waals surface area contributed by atoms with Crippen LogP contribution < -0.4 is 0 Å². The van der Waals surface area contributed by atoms with E-state index in [0.29, 0.717) is 6.42 Å². The van der Waals surface area contributed by atoms with Crippen molar-refractivity contribution in [1.29, 1.82) is 5.26 Å². The van der Waals surface area contributed by atoms with E-state index in [1.807, 2.05) is 6.08 Å². The van der Waals surface area contributed by atoms with Gasteiger partial charge < -0.3 is 0 Å². The first-order valence-corrected chi connectivity index (χ1v) is 3.93. The summed E-state index contributed by atoms with van der Waals surface area (Å²) in [5.74, 6) is 0. The van der Waals surface area contributed by atoms with Crippen molar-refractivity contribution in [3.63, 3.8) is 0 Å². The lowest BCUT2D eigenvalue weighted by atomic mass is 10.2. The van der Waals surface area contributed by atoms with Gasteiger partial charge in [0, 0.05) is 0 Å². The monoisotopic (exact) mass is 137 g/mol. The maximum Gasteiger partial charge on any atom is 0.0663 e. The molecule has 0 saturated carbocycles. The Labute approximate surface area is 63.4 Å². The van der Waals surface area contributed by atoms with Crippen LogP contribution in [-0.4, -0.2) is 0 Å². The third kappa shape index (κ3) is 7.23.